The second-order valence-electron chi connectivity index (χ2n) is 9.13. The van der Waals surface area contributed by atoms with E-state index in [9.17, 15) is 9.59 Å². The number of allylic oxidation sites excluding steroid dienone is 1. The summed E-state index contributed by atoms with van der Waals surface area (Å²) in [4.78, 5) is 35.1. The number of hydrogen-bond acceptors (Lipinski definition) is 6. The summed E-state index contributed by atoms with van der Waals surface area (Å²) in [5, 5.41) is -0.245. The number of amides is 1. The van der Waals surface area contributed by atoms with Crippen LogP contribution in [-0.2, 0) is 4.79 Å². The Morgan fingerprint density at radius 1 is 1.17 bits per heavy atom. The Morgan fingerprint density at radius 2 is 1.83 bits per heavy atom. The second-order valence-corrected chi connectivity index (χ2v) is 10.2. The number of aromatic nitrogens is 2. The maximum absolute atomic E-state index is 13.6. The number of carbonyl (C=O) groups is 1. The van der Waals surface area contributed by atoms with Gasteiger partial charge < -0.3 is 15.5 Å². The number of nitrogens with two attached hydrogens (primary N) is 1. The maximum Gasteiger partial charge on any atom is 0.267 e. The van der Waals surface area contributed by atoms with Crippen LogP contribution in [0.5, 0.6) is 0 Å². The van der Waals surface area contributed by atoms with Crippen molar-refractivity contribution in [2.24, 2.45) is 5.73 Å². The monoisotopic (exact) mass is 515 g/mol. The Labute approximate surface area is 221 Å². The van der Waals surface area contributed by atoms with E-state index in [1.165, 1.54) is 11.8 Å². The average Bonchev–Trinajstić information content (AvgIpc) is 3.28. The van der Waals surface area contributed by atoms with Gasteiger partial charge in [-0.05, 0) is 32.2 Å². The molecular weight excluding hydrogens is 470 g/mol. The molecule has 1 aromatic rings. The van der Waals surface area contributed by atoms with Crippen LogP contribution in [0.2, 0.25) is 0 Å². The third-order valence-electron chi connectivity index (χ3n) is 6.80. The van der Waals surface area contributed by atoms with E-state index in [0.29, 0.717) is 24.5 Å². The van der Waals surface area contributed by atoms with Crippen LogP contribution < -0.4 is 11.3 Å². The predicted octanol–water partition coefficient (Wildman–Crippen LogP) is 4.52. The lowest BCUT2D eigenvalue weighted by atomic mass is 10.0. The van der Waals surface area contributed by atoms with E-state index in [-0.39, 0.29) is 22.8 Å². The summed E-state index contributed by atoms with van der Waals surface area (Å²) < 4.78 is 1.84. The first-order valence-corrected chi connectivity index (χ1v) is 14.5. The molecular formula is C28H45N5O2S. The van der Waals surface area contributed by atoms with Crippen LogP contribution in [0.4, 0.5) is 0 Å². The van der Waals surface area contributed by atoms with Gasteiger partial charge in [0.2, 0.25) is 5.91 Å². The lowest BCUT2D eigenvalue weighted by molar-refractivity contribution is -0.130. The van der Waals surface area contributed by atoms with Crippen LogP contribution in [0, 0.1) is 12.3 Å². The smallest absolute Gasteiger partial charge is 0.267 e. The van der Waals surface area contributed by atoms with Crippen LogP contribution in [-0.4, -0.2) is 63.2 Å². The maximum atomic E-state index is 13.6. The first kappa shape index (κ1) is 30.0. The molecule has 7 nitrogen and oxygen atoms in total. The Kier molecular flexibility index (Phi) is 12.6. The van der Waals surface area contributed by atoms with Crippen molar-refractivity contribution in [2.45, 2.75) is 95.8 Å². The predicted molar refractivity (Wildman–Crippen MR) is 151 cm³/mol. The van der Waals surface area contributed by atoms with E-state index in [0.717, 1.165) is 75.0 Å². The molecule has 2 N–H and O–H groups in total. The van der Waals surface area contributed by atoms with E-state index in [1.807, 2.05) is 23.3 Å². The Hall–Kier alpha value is -2.24. The van der Waals surface area contributed by atoms with Gasteiger partial charge in [-0.2, -0.15) is 0 Å². The number of thioether (sulfide) groups is 1. The van der Waals surface area contributed by atoms with Gasteiger partial charge in [0.15, 0.2) is 0 Å². The number of rotatable bonds is 10. The lowest BCUT2D eigenvalue weighted by Crippen LogP contribution is -2.47. The average molecular weight is 516 g/mol. The largest absolute Gasteiger partial charge is 0.371 e. The van der Waals surface area contributed by atoms with Gasteiger partial charge in [-0.3, -0.25) is 14.2 Å². The van der Waals surface area contributed by atoms with Crippen molar-refractivity contribution in [1.29, 1.82) is 0 Å². The van der Waals surface area contributed by atoms with Crippen LogP contribution in [0.15, 0.2) is 21.7 Å². The molecule has 0 bridgehead atoms. The minimum atomic E-state index is -0.245. The summed E-state index contributed by atoms with van der Waals surface area (Å²) in [6, 6.07) is 0.171. The molecule has 2 unspecified atom stereocenters. The topological polar surface area (TPSA) is 84.5 Å². The van der Waals surface area contributed by atoms with E-state index >= 15 is 0 Å². The van der Waals surface area contributed by atoms with Crippen LogP contribution in [0.1, 0.15) is 91.3 Å². The van der Waals surface area contributed by atoms with Gasteiger partial charge in [-0.1, -0.05) is 64.6 Å². The zero-order chi connectivity index (χ0) is 26.7. The number of terminal acetylenes is 1. The highest BCUT2D eigenvalue weighted by Crippen LogP contribution is 2.45. The summed E-state index contributed by atoms with van der Waals surface area (Å²) >= 11 is 1.46. The number of carbonyl (C=O) groups excluding carboxylic acids is 1. The molecule has 0 saturated carbocycles. The molecule has 0 radical (unpaired) electrons. The van der Waals surface area contributed by atoms with Crippen molar-refractivity contribution < 1.29 is 4.79 Å². The molecule has 3 heterocycles. The van der Waals surface area contributed by atoms with Gasteiger partial charge in [-0.25, -0.2) is 4.98 Å². The third-order valence-corrected chi connectivity index (χ3v) is 8.01. The quantitative estimate of drug-likeness (QED) is 0.461. The molecule has 2 atom stereocenters. The van der Waals surface area contributed by atoms with Crippen LogP contribution >= 0.6 is 11.8 Å². The normalized spacial score (nSPS) is 19.2. The zero-order valence-corrected chi connectivity index (χ0v) is 23.7. The third kappa shape index (κ3) is 6.95. The number of fused-ring (bicyclic) bond motifs is 1. The van der Waals surface area contributed by atoms with Crippen LogP contribution in [0.3, 0.4) is 0 Å². The molecule has 0 spiro atoms. The summed E-state index contributed by atoms with van der Waals surface area (Å²) in [5.41, 5.74) is 8.74. The summed E-state index contributed by atoms with van der Waals surface area (Å²) in [6.07, 6.45) is 14.5. The molecule has 2 aliphatic heterocycles. The number of hydrogen-bond donors (Lipinski definition) is 1. The van der Waals surface area contributed by atoms with E-state index in [2.05, 4.69) is 24.7 Å². The van der Waals surface area contributed by atoms with Gasteiger partial charge in [0.05, 0.1) is 17.3 Å². The Bertz CT molecular complexity index is 989. The Morgan fingerprint density at radius 3 is 2.39 bits per heavy atom. The highest BCUT2D eigenvalue weighted by molar-refractivity contribution is 8.01. The molecule has 3 rings (SSSR count). The van der Waals surface area contributed by atoms with E-state index in [4.69, 9.17) is 17.1 Å². The fraction of sp³-hybridized carbons (Fsp3) is 0.679. The van der Waals surface area contributed by atoms with Crippen molar-refractivity contribution >= 4 is 23.2 Å². The van der Waals surface area contributed by atoms with Crippen molar-refractivity contribution in [2.75, 3.05) is 32.7 Å². The molecule has 1 fully saturated rings. The Balaban J connectivity index is 0.00000222. The highest BCUT2D eigenvalue weighted by atomic mass is 32.2. The van der Waals surface area contributed by atoms with Gasteiger partial charge in [0.25, 0.3) is 5.56 Å². The standard InChI is InChI=1S/C26H39N5O2S.C2H6/c1-5-8-11-20(10-6-2)31-18-28-24-23(22(7-3)34-25(24)26(31)33)21(12-9-13-27)30-16-14-29(15-17-30)19(4)32;1-2/h3,18,20,22H,5-6,8-17,27H2,1-2,4H3;1-2H3/b23-21-;. The first-order chi connectivity index (χ1) is 17.5. The minimum Gasteiger partial charge on any atom is -0.371 e. The minimum absolute atomic E-state index is 0.0272. The summed E-state index contributed by atoms with van der Waals surface area (Å²) in [5.74, 6) is 3.02. The zero-order valence-electron chi connectivity index (χ0n) is 22.9. The molecule has 2 aliphatic rings. The second kappa shape index (κ2) is 15.1. The SMILES string of the molecule is C#CC1Sc2c(ncn(C(CCC)CCCC)c2=O)/C1=C(/CCCN)N1CCN(C(C)=O)CC1.CC. The lowest BCUT2D eigenvalue weighted by Gasteiger charge is -2.38. The van der Waals surface area contributed by atoms with Gasteiger partial charge in [0, 0.05) is 50.4 Å². The van der Waals surface area contributed by atoms with Crippen molar-refractivity contribution in [3.05, 3.63) is 28.1 Å². The molecule has 200 valence electrons. The molecule has 0 aromatic carbocycles. The molecule has 36 heavy (non-hydrogen) atoms. The fourth-order valence-corrected chi connectivity index (χ4v) is 6.08. The van der Waals surface area contributed by atoms with Gasteiger partial charge >= 0.3 is 0 Å². The fourth-order valence-electron chi connectivity index (χ4n) is 4.93. The van der Waals surface area contributed by atoms with E-state index < -0.39 is 0 Å². The van der Waals surface area contributed by atoms with Crippen molar-refractivity contribution in [1.82, 2.24) is 19.4 Å². The number of piperazine rings is 1. The number of nitrogens with zero attached hydrogens (tertiary/aromatic N) is 4. The number of unbranched alkanes of at least 4 members (excludes halogenated alkanes) is 1. The van der Waals surface area contributed by atoms with Crippen LogP contribution in [0.25, 0.3) is 5.57 Å². The molecule has 0 aliphatic carbocycles. The summed E-state index contributed by atoms with van der Waals surface area (Å²) in [7, 11) is 0. The van der Waals surface area contributed by atoms with Gasteiger partial charge in [0.1, 0.15) is 4.90 Å². The summed E-state index contributed by atoms with van der Waals surface area (Å²) in [6.45, 7) is 13.4. The van der Waals surface area contributed by atoms with Gasteiger partial charge in [-0.15, -0.1) is 6.42 Å². The molecule has 8 heteroatoms. The highest BCUT2D eigenvalue weighted by Gasteiger charge is 2.36. The van der Waals surface area contributed by atoms with E-state index in [1.54, 1.807) is 13.3 Å². The molecule has 1 aromatic heterocycles. The molecule has 1 saturated heterocycles. The first-order valence-electron chi connectivity index (χ1n) is 13.6. The van der Waals surface area contributed by atoms with Crippen molar-refractivity contribution in [3.63, 3.8) is 0 Å². The molecule has 1 amide bonds. The van der Waals surface area contributed by atoms with Crippen molar-refractivity contribution in [3.8, 4) is 12.3 Å².